The molecule has 2 aromatic rings. The smallest absolute Gasteiger partial charge is 0.254 e. The maximum Gasteiger partial charge on any atom is 0.254 e. The zero-order chi connectivity index (χ0) is 16.8. The molecule has 1 amide bonds. The molecule has 0 aliphatic carbocycles. The predicted molar refractivity (Wildman–Crippen MR) is 89.9 cm³/mol. The van der Waals surface area contributed by atoms with Gasteiger partial charge in [-0.2, -0.15) is 0 Å². The number of carbonyl (C=O) groups is 1. The summed E-state index contributed by atoms with van der Waals surface area (Å²) < 4.78 is 12.5. The highest BCUT2D eigenvalue weighted by Gasteiger charge is 2.18. The van der Waals surface area contributed by atoms with Crippen molar-refractivity contribution in [2.75, 3.05) is 20.8 Å². The van der Waals surface area contributed by atoms with Gasteiger partial charge in [0.1, 0.15) is 11.5 Å². The molecule has 0 aliphatic rings. The number of hydrogen-bond acceptors (Lipinski definition) is 3. The molecule has 0 N–H and O–H groups in total. The first-order valence-corrected chi connectivity index (χ1v) is 7.32. The second kappa shape index (κ2) is 7.54. The Bertz CT molecular complexity index is 669. The lowest BCUT2D eigenvalue weighted by Gasteiger charge is -2.22. The number of nitrogens with zero attached hydrogens (tertiary/aromatic N) is 2. The van der Waals surface area contributed by atoms with Gasteiger partial charge in [0.25, 0.3) is 5.91 Å². The van der Waals surface area contributed by atoms with Gasteiger partial charge in [-0.25, -0.2) is 0 Å². The molecular formula is C18H22N2O3. The Morgan fingerprint density at radius 1 is 1.26 bits per heavy atom. The molecule has 0 aliphatic heterocycles. The summed E-state index contributed by atoms with van der Waals surface area (Å²) in [5.74, 6) is 1.08. The molecule has 1 heterocycles. The maximum atomic E-state index is 12.9. The minimum Gasteiger partial charge on any atom is -0.497 e. The van der Waals surface area contributed by atoms with E-state index in [0.717, 1.165) is 5.69 Å². The molecule has 5 nitrogen and oxygen atoms in total. The van der Waals surface area contributed by atoms with Crippen molar-refractivity contribution in [3.05, 3.63) is 60.4 Å². The van der Waals surface area contributed by atoms with Crippen LogP contribution in [0.1, 0.15) is 16.1 Å². The quantitative estimate of drug-likeness (QED) is 0.738. The Balaban J connectivity index is 2.30. The third-order valence-corrected chi connectivity index (χ3v) is 3.64. The molecule has 0 radical (unpaired) electrons. The van der Waals surface area contributed by atoms with E-state index in [4.69, 9.17) is 9.47 Å². The molecule has 122 valence electrons. The fourth-order valence-electron chi connectivity index (χ4n) is 2.34. The van der Waals surface area contributed by atoms with Crippen LogP contribution < -0.4 is 9.47 Å². The van der Waals surface area contributed by atoms with Crippen LogP contribution in [0.5, 0.6) is 11.5 Å². The van der Waals surface area contributed by atoms with E-state index in [1.165, 1.54) is 0 Å². The molecule has 0 bridgehead atoms. The zero-order valence-corrected chi connectivity index (χ0v) is 13.8. The average Bonchev–Trinajstić information content (AvgIpc) is 2.98. The first kappa shape index (κ1) is 16.7. The van der Waals surface area contributed by atoms with Crippen LogP contribution in [0.3, 0.4) is 0 Å². The van der Waals surface area contributed by atoms with E-state index in [1.54, 1.807) is 43.4 Å². The first-order valence-electron chi connectivity index (χ1n) is 7.32. The number of benzene rings is 1. The largest absolute Gasteiger partial charge is 0.497 e. The zero-order valence-electron chi connectivity index (χ0n) is 13.8. The van der Waals surface area contributed by atoms with Gasteiger partial charge in [-0.3, -0.25) is 4.79 Å². The van der Waals surface area contributed by atoms with Crippen molar-refractivity contribution in [1.82, 2.24) is 9.47 Å². The van der Waals surface area contributed by atoms with Gasteiger partial charge in [-0.05, 0) is 24.3 Å². The SMILES string of the molecule is C=CCN(Cc1cccn1C)C(=O)c1cc(OC)cc(OC)c1. The fraction of sp³-hybridized carbons (Fsp3) is 0.278. The van der Waals surface area contributed by atoms with Crippen LogP contribution in [0.15, 0.2) is 49.2 Å². The number of ether oxygens (including phenoxy) is 2. The Kier molecular flexibility index (Phi) is 5.46. The van der Waals surface area contributed by atoms with Crippen molar-refractivity contribution in [2.45, 2.75) is 6.54 Å². The Labute approximate surface area is 136 Å². The van der Waals surface area contributed by atoms with E-state index in [1.807, 2.05) is 29.9 Å². The molecule has 0 saturated heterocycles. The second-order valence-corrected chi connectivity index (χ2v) is 5.19. The van der Waals surface area contributed by atoms with Crippen LogP contribution in [-0.2, 0) is 13.6 Å². The molecule has 0 saturated carbocycles. The molecule has 0 fully saturated rings. The minimum absolute atomic E-state index is 0.0942. The molecule has 1 aromatic carbocycles. The Morgan fingerprint density at radius 2 is 1.91 bits per heavy atom. The number of hydrogen-bond donors (Lipinski definition) is 0. The molecule has 5 heteroatoms. The van der Waals surface area contributed by atoms with E-state index in [0.29, 0.717) is 30.2 Å². The molecule has 0 spiro atoms. The summed E-state index contributed by atoms with van der Waals surface area (Å²) in [4.78, 5) is 14.6. The molecule has 0 atom stereocenters. The van der Waals surface area contributed by atoms with E-state index >= 15 is 0 Å². The van der Waals surface area contributed by atoms with E-state index in [-0.39, 0.29) is 5.91 Å². The van der Waals surface area contributed by atoms with E-state index in [2.05, 4.69) is 6.58 Å². The lowest BCUT2D eigenvalue weighted by molar-refractivity contribution is 0.0759. The van der Waals surface area contributed by atoms with Crippen LogP contribution >= 0.6 is 0 Å². The van der Waals surface area contributed by atoms with Crippen molar-refractivity contribution in [3.8, 4) is 11.5 Å². The third-order valence-electron chi connectivity index (χ3n) is 3.64. The fourth-order valence-corrected chi connectivity index (χ4v) is 2.34. The summed E-state index contributed by atoms with van der Waals surface area (Å²) >= 11 is 0. The predicted octanol–water partition coefficient (Wildman–Crippen LogP) is 2.87. The second-order valence-electron chi connectivity index (χ2n) is 5.19. The third kappa shape index (κ3) is 3.94. The topological polar surface area (TPSA) is 43.7 Å². The summed E-state index contributed by atoms with van der Waals surface area (Å²) in [6.45, 7) is 4.72. The molecule has 1 aromatic heterocycles. The van der Waals surface area contributed by atoms with Gasteiger partial charge in [-0.15, -0.1) is 6.58 Å². The highest BCUT2D eigenvalue weighted by Crippen LogP contribution is 2.24. The minimum atomic E-state index is -0.0942. The van der Waals surface area contributed by atoms with Gasteiger partial charge >= 0.3 is 0 Å². The van der Waals surface area contributed by atoms with E-state index in [9.17, 15) is 4.79 Å². The number of aromatic nitrogens is 1. The van der Waals surface area contributed by atoms with E-state index < -0.39 is 0 Å². The van der Waals surface area contributed by atoms with Crippen molar-refractivity contribution >= 4 is 5.91 Å². The summed E-state index contributed by atoms with van der Waals surface area (Å²) in [6, 6.07) is 9.12. The standard InChI is InChI=1S/C18H22N2O3/c1-5-8-20(13-15-7-6-9-19(15)2)18(21)14-10-16(22-3)12-17(11-14)23-4/h5-7,9-12H,1,8,13H2,2-4H3. The number of carbonyl (C=O) groups excluding carboxylic acids is 1. The highest BCUT2D eigenvalue weighted by atomic mass is 16.5. The van der Waals surface area contributed by atoms with Gasteiger partial charge in [-0.1, -0.05) is 6.08 Å². The van der Waals surface area contributed by atoms with Gasteiger partial charge in [0, 0.05) is 37.1 Å². The monoisotopic (exact) mass is 314 g/mol. The number of rotatable bonds is 7. The summed E-state index contributed by atoms with van der Waals surface area (Å²) in [5, 5.41) is 0. The first-order chi connectivity index (χ1) is 11.1. The maximum absolute atomic E-state index is 12.9. The lowest BCUT2D eigenvalue weighted by Crippen LogP contribution is -2.31. The van der Waals surface area contributed by atoms with Gasteiger partial charge in [0.2, 0.25) is 0 Å². The van der Waals surface area contributed by atoms with Crippen LogP contribution in [0.25, 0.3) is 0 Å². The molecule has 0 unspecified atom stereocenters. The average molecular weight is 314 g/mol. The van der Waals surface area contributed by atoms with Crippen LogP contribution in [0, 0.1) is 0 Å². The Hall–Kier alpha value is -2.69. The molecule has 2 rings (SSSR count). The van der Waals surface area contributed by atoms with Gasteiger partial charge in [0.15, 0.2) is 0 Å². The normalized spacial score (nSPS) is 10.2. The van der Waals surface area contributed by atoms with Crippen molar-refractivity contribution in [3.63, 3.8) is 0 Å². The van der Waals surface area contributed by atoms with Crippen LogP contribution in [0.2, 0.25) is 0 Å². The summed E-state index contributed by atoms with van der Waals surface area (Å²) in [6.07, 6.45) is 3.68. The molecule has 23 heavy (non-hydrogen) atoms. The highest BCUT2D eigenvalue weighted by molar-refractivity contribution is 5.95. The van der Waals surface area contributed by atoms with Crippen molar-refractivity contribution in [2.24, 2.45) is 7.05 Å². The lowest BCUT2D eigenvalue weighted by atomic mass is 10.1. The van der Waals surface area contributed by atoms with Gasteiger partial charge < -0.3 is 18.9 Å². The van der Waals surface area contributed by atoms with Crippen LogP contribution in [-0.4, -0.2) is 36.1 Å². The number of methoxy groups -OCH3 is 2. The summed E-state index contributed by atoms with van der Waals surface area (Å²) in [5.41, 5.74) is 1.58. The van der Waals surface area contributed by atoms with Gasteiger partial charge in [0.05, 0.1) is 20.8 Å². The molecular weight excluding hydrogens is 292 g/mol. The van der Waals surface area contributed by atoms with Crippen molar-refractivity contribution < 1.29 is 14.3 Å². The number of amides is 1. The summed E-state index contributed by atoms with van der Waals surface area (Å²) in [7, 11) is 5.09. The van der Waals surface area contributed by atoms with Crippen LogP contribution in [0.4, 0.5) is 0 Å². The number of aryl methyl sites for hydroxylation is 1. The Morgan fingerprint density at radius 3 is 2.39 bits per heavy atom. The van der Waals surface area contributed by atoms with Crippen molar-refractivity contribution in [1.29, 1.82) is 0 Å².